The van der Waals surface area contributed by atoms with Gasteiger partial charge in [0.25, 0.3) is 0 Å². The van der Waals surface area contributed by atoms with Crippen molar-refractivity contribution in [3.05, 3.63) is 29.8 Å². The van der Waals surface area contributed by atoms with E-state index in [9.17, 15) is 0 Å². The Morgan fingerprint density at radius 3 is 2.60 bits per heavy atom. The second kappa shape index (κ2) is 5.32. The first kappa shape index (κ1) is 12.7. The Labute approximate surface area is 117 Å². The lowest BCUT2D eigenvalue weighted by atomic mass is 10.2. The van der Waals surface area contributed by atoms with Crippen molar-refractivity contribution in [3.8, 4) is 11.8 Å². The van der Waals surface area contributed by atoms with Crippen LogP contribution in [0.2, 0.25) is 0 Å². The van der Waals surface area contributed by atoms with Gasteiger partial charge in [-0.15, -0.1) is 0 Å². The Hall–Kier alpha value is -2.37. The molecule has 20 heavy (non-hydrogen) atoms. The van der Waals surface area contributed by atoms with E-state index in [2.05, 4.69) is 19.9 Å². The van der Waals surface area contributed by atoms with Crippen LogP contribution in [0.1, 0.15) is 18.4 Å². The van der Waals surface area contributed by atoms with E-state index in [1.807, 2.05) is 31.2 Å². The molecule has 0 amide bonds. The van der Waals surface area contributed by atoms with Gasteiger partial charge in [0.15, 0.2) is 0 Å². The number of para-hydroxylation sites is 1. The van der Waals surface area contributed by atoms with Crippen LogP contribution in [-0.2, 0) is 0 Å². The third-order valence-corrected chi connectivity index (χ3v) is 3.30. The van der Waals surface area contributed by atoms with Crippen LogP contribution in [-0.4, -0.2) is 28.0 Å². The van der Waals surface area contributed by atoms with Crippen molar-refractivity contribution in [2.24, 2.45) is 0 Å². The van der Waals surface area contributed by atoms with Gasteiger partial charge in [0.05, 0.1) is 0 Å². The van der Waals surface area contributed by atoms with Crippen molar-refractivity contribution in [1.82, 2.24) is 15.0 Å². The first-order valence-electron chi connectivity index (χ1n) is 6.72. The zero-order chi connectivity index (χ0) is 13.9. The number of nitrogens with two attached hydrogens (primary N) is 1. The highest BCUT2D eigenvalue weighted by atomic mass is 16.5. The molecule has 0 radical (unpaired) electrons. The van der Waals surface area contributed by atoms with Gasteiger partial charge in [0, 0.05) is 13.1 Å². The molecule has 1 fully saturated rings. The summed E-state index contributed by atoms with van der Waals surface area (Å²) in [6.45, 7) is 3.88. The summed E-state index contributed by atoms with van der Waals surface area (Å²) in [7, 11) is 0. The number of rotatable bonds is 3. The molecule has 1 aliphatic rings. The molecule has 6 nitrogen and oxygen atoms in total. The third kappa shape index (κ3) is 2.64. The first-order chi connectivity index (χ1) is 9.72. The molecule has 0 spiro atoms. The Balaban J connectivity index is 1.88. The SMILES string of the molecule is Cc1ccccc1Oc1nc(N)nc(N2CCCC2)n1. The zero-order valence-electron chi connectivity index (χ0n) is 11.4. The summed E-state index contributed by atoms with van der Waals surface area (Å²) in [6, 6.07) is 7.97. The maximum Gasteiger partial charge on any atom is 0.328 e. The van der Waals surface area contributed by atoms with E-state index >= 15 is 0 Å². The van der Waals surface area contributed by atoms with Crippen molar-refractivity contribution in [3.63, 3.8) is 0 Å². The molecule has 1 saturated heterocycles. The fraction of sp³-hybridized carbons (Fsp3) is 0.357. The van der Waals surface area contributed by atoms with Gasteiger partial charge in [0.1, 0.15) is 5.75 Å². The molecular weight excluding hydrogens is 254 g/mol. The second-order valence-corrected chi connectivity index (χ2v) is 4.84. The highest BCUT2D eigenvalue weighted by Crippen LogP contribution is 2.24. The highest BCUT2D eigenvalue weighted by molar-refractivity contribution is 5.39. The lowest BCUT2D eigenvalue weighted by molar-refractivity contribution is 0.437. The number of ether oxygens (including phenoxy) is 1. The van der Waals surface area contributed by atoms with Crippen molar-refractivity contribution in [2.45, 2.75) is 19.8 Å². The summed E-state index contributed by atoms with van der Waals surface area (Å²) in [5.74, 6) is 1.51. The van der Waals surface area contributed by atoms with E-state index in [1.54, 1.807) is 0 Å². The summed E-state index contributed by atoms with van der Waals surface area (Å²) in [4.78, 5) is 14.7. The molecule has 0 saturated carbocycles. The lowest BCUT2D eigenvalue weighted by Crippen LogP contribution is -2.21. The van der Waals surface area contributed by atoms with Gasteiger partial charge in [-0.3, -0.25) is 0 Å². The largest absolute Gasteiger partial charge is 0.424 e. The molecule has 3 rings (SSSR count). The van der Waals surface area contributed by atoms with Crippen molar-refractivity contribution in [1.29, 1.82) is 0 Å². The standard InChI is InChI=1S/C14H17N5O/c1-10-6-2-3-7-11(10)20-14-17-12(15)16-13(18-14)19-8-4-5-9-19/h2-3,6-7H,4-5,8-9H2,1H3,(H2,15,16,17,18). The van der Waals surface area contributed by atoms with Gasteiger partial charge in [0.2, 0.25) is 11.9 Å². The molecule has 1 aromatic heterocycles. The maximum absolute atomic E-state index is 5.75. The fourth-order valence-electron chi connectivity index (χ4n) is 2.23. The summed E-state index contributed by atoms with van der Waals surface area (Å²) in [5, 5.41) is 0. The topological polar surface area (TPSA) is 77.2 Å². The molecule has 104 valence electrons. The van der Waals surface area contributed by atoms with E-state index in [0.29, 0.717) is 5.95 Å². The van der Waals surface area contributed by atoms with Crippen LogP contribution < -0.4 is 15.4 Å². The predicted molar refractivity (Wildman–Crippen MR) is 76.9 cm³/mol. The number of aryl methyl sites for hydroxylation is 1. The quantitative estimate of drug-likeness (QED) is 0.921. The number of anilines is 2. The van der Waals surface area contributed by atoms with Gasteiger partial charge < -0.3 is 15.4 Å². The number of hydrogen-bond acceptors (Lipinski definition) is 6. The summed E-state index contributed by atoms with van der Waals surface area (Å²) in [5.41, 5.74) is 6.77. The normalized spacial score (nSPS) is 14.6. The molecule has 0 aliphatic carbocycles. The van der Waals surface area contributed by atoms with Crippen molar-refractivity contribution >= 4 is 11.9 Å². The number of aromatic nitrogens is 3. The van der Waals surface area contributed by atoms with Crippen LogP contribution >= 0.6 is 0 Å². The van der Waals surface area contributed by atoms with E-state index in [-0.39, 0.29) is 12.0 Å². The van der Waals surface area contributed by atoms with Crippen molar-refractivity contribution in [2.75, 3.05) is 23.7 Å². The van der Waals surface area contributed by atoms with Crippen LogP contribution in [0.5, 0.6) is 11.8 Å². The molecule has 1 aliphatic heterocycles. The monoisotopic (exact) mass is 271 g/mol. The number of hydrogen-bond donors (Lipinski definition) is 1. The summed E-state index contributed by atoms with van der Waals surface area (Å²) >= 11 is 0. The maximum atomic E-state index is 5.75. The van der Waals surface area contributed by atoms with E-state index in [1.165, 1.54) is 0 Å². The first-order valence-corrected chi connectivity index (χ1v) is 6.72. The third-order valence-electron chi connectivity index (χ3n) is 3.30. The zero-order valence-corrected chi connectivity index (χ0v) is 11.4. The van der Waals surface area contributed by atoms with E-state index < -0.39 is 0 Å². The van der Waals surface area contributed by atoms with Crippen LogP contribution in [0.25, 0.3) is 0 Å². The summed E-state index contributed by atoms with van der Waals surface area (Å²) in [6.07, 6.45) is 2.30. The average Bonchev–Trinajstić information content (AvgIpc) is 2.95. The van der Waals surface area contributed by atoms with Gasteiger partial charge in [-0.25, -0.2) is 0 Å². The van der Waals surface area contributed by atoms with Crippen LogP contribution in [0.4, 0.5) is 11.9 Å². The molecule has 0 atom stereocenters. The van der Waals surface area contributed by atoms with Gasteiger partial charge in [-0.2, -0.15) is 15.0 Å². The average molecular weight is 271 g/mol. The smallest absolute Gasteiger partial charge is 0.328 e. The second-order valence-electron chi connectivity index (χ2n) is 4.84. The molecule has 6 heteroatoms. The minimum atomic E-state index is 0.186. The van der Waals surface area contributed by atoms with E-state index in [0.717, 1.165) is 37.2 Å². The molecular formula is C14H17N5O. The minimum Gasteiger partial charge on any atom is -0.424 e. The van der Waals surface area contributed by atoms with Gasteiger partial charge in [-0.1, -0.05) is 18.2 Å². The fourth-order valence-corrected chi connectivity index (χ4v) is 2.23. The number of nitrogens with zero attached hydrogens (tertiary/aromatic N) is 4. The number of benzene rings is 1. The van der Waals surface area contributed by atoms with Crippen LogP contribution in [0.15, 0.2) is 24.3 Å². The molecule has 0 unspecified atom stereocenters. The minimum absolute atomic E-state index is 0.186. The Bertz CT molecular complexity index is 610. The van der Waals surface area contributed by atoms with Gasteiger partial charge in [-0.05, 0) is 31.4 Å². The van der Waals surface area contributed by atoms with Crippen molar-refractivity contribution < 1.29 is 4.74 Å². The lowest BCUT2D eigenvalue weighted by Gasteiger charge is -2.15. The molecule has 1 aromatic carbocycles. The summed E-state index contributed by atoms with van der Waals surface area (Å²) < 4.78 is 5.72. The van der Waals surface area contributed by atoms with Crippen LogP contribution in [0, 0.1) is 6.92 Å². The predicted octanol–water partition coefficient (Wildman–Crippen LogP) is 2.15. The molecule has 2 N–H and O–H groups in total. The molecule has 2 aromatic rings. The van der Waals surface area contributed by atoms with E-state index in [4.69, 9.17) is 10.5 Å². The van der Waals surface area contributed by atoms with Crippen LogP contribution in [0.3, 0.4) is 0 Å². The Morgan fingerprint density at radius 1 is 1.10 bits per heavy atom. The molecule has 0 bridgehead atoms. The Morgan fingerprint density at radius 2 is 1.85 bits per heavy atom. The number of nitrogen functional groups attached to an aromatic ring is 1. The molecule has 2 heterocycles. The highest BCUT2D eigenvalue weighted by Gasteiger charge is 2.17. The van der Waals surface area contributed by atoms with Gasteiger partial charge >= 0.3 is 6.01 Å². The Kier molecular flexibility index (Phi) is 3.37.